The fraction of sp³-hybridized carbons (Fsp3) is 0.686. The van der Waals surface area contributed by atoms with Crippen molar-refractivity contribution in [3.8, 4) is 5.75 Å². The number of aliphatic hydroxyl groups excluding tert-OH is 1. The molecule has 4 N–H and O–H groups in total. The van der Waals surface area contributed by atoms with Gasteiger partial charge in [0.05, 0.1) is 43.3 Å². The Morgan fingerprint density at radius 1 is 1.16 bits per heavy atom. The van der Waals surface area contributed by atoms with Gasteiger partial charge in [-0.3, -0.25) is 34.9 Å². The fourth-order valence-electron chi connectivity index (χ4n) is 7.49. The van der Waals surface area contributed by atoms with E-state index in [4.69, 9.17) is 13.9 Å². The number of ether oxygens (including phenoxy) is 2. The number of aryl methyl sites for hydroxylation is 1. The van der Waals surface area contributed by atoms with E-state index in [1.54, 1.807) is 6.92 Å². The Bertz CT molecular complexity index is 1430. The second-order valence-electron chi connectivity index (χ2n) is 13.9. The minimum Gasteiger partial charge on any atom is -0.485 e. The van der Waals surface area contributed by atoms with Crippen molar-refractivity contribution in [3.05, 3.63) is 46.7 Å². The first-order valence-electron chi connectivity index (χ1n) is 17.9. The highest BCUT2D eigenvalue weighted by molar-refractivity contribution is 5.82. The molecule has 3 fully saturated rings. The number of nitrogens with one attached hydrogen (secondary N) is 3. The zero-order valence-corrected chi connectivity index (χ0v) is 29.4. The van der Waals surface area contributed by atoms with E-state index < -0.39 is 6.10 Å². The molecule has 0 bridgehead atoms. The Balaban J connectivity index is 1.04. The molecule has 6 rings (SSSR count). The van der Waals surface area contributed by atoms with Crippen LogP contribution < -0.4 is 20.7 Å². The van der Waals surface area contributed by atoms with Gasteiger partial charge in [-0.2, -0.15) is 0 Å². The largest absolute Gasteiger partial charge is 0.485 e. The third kappa shape index (κ3) is 8.62. The Kier molecular flexibility index (Phi) is 11.9. The van der Waals surface area contributed by atoms with Crippen molar-refractivity contribution in [1.82, 2.24) is 40.5 Å². The number of aromatic nitrogens is 1. The minimum absolute atomic E-state index is 0.0624. The number of aliphatic hydroxyl groups is 1. The van der Waals surface area contributed by atoms with Crippen LogP contribution in [-0.4, -0.2) is 138 Å². The molecule has 14 heteroatoms. The quantitative estimate of drug-likeness (QED) is 0.234. The summed E-state index contributed by atoms with van der Waals surface area (Å²) in [5, 5.41) is 21.6. The lowest BCUT2D eigenvalue weighted by Crippen LogP contribution is -2.74. The molecule has 1 aromatic carbocycles. The van der Waals surface area contributed by atoms with Gasteiger partial charge >= 0.3 is 0 Å². The summed E-state index contributed by atoms with van der Waals surface area (Å²) in [6.07, 6.45) is 2.91. The Morgan fingerprint density at radius 3 is 2.63 bits per heavy atom. The Morgan fingerprint density at radius 2 is 1.96 bits per heavy atom. The first-order valence-corrected chi connectivity index (χ1v) is 17.9. The van der Waals surface area contributed by atoms with Gasteiger partial charge in [-0.15, -0.1) is 0 Å². The molecule has 4 atom stereocenters. The summed E-state index contributed by atoms with van der Waals surface area (Å²) in [5.74, 6) is 1.61. The van der Waals surface area contributed by atoms with Crippen LogP contribution in [0.3, 0.4) is 0 Å². The summed E-state index contributed by atoms with van der Waals surface area (Å²) in [6, 6.07) is 4.02. The minimum atomic E-state index is -0.697. The van der Waals surface area contributed by atoms with Crippen LogP contribution in [0.4, 0.5) is 0 Å². The number of rotatable bonds is 13. The van der Waals surface area contributed by atoms with Crippen molar-refractivity contribution in [2.24, 2.45) is 0 Å². The van der Waals surface area contributed by atoms with Crippen LogP contribution in [-0.2, 0) is 33.9 Å². The number of carbonyl (C=O) groups excluding carboxylic acids is 2. The van der Waals surface area contributed by atoms with Crippen molar-refractivity contribution in [2.75, 3.05) is 65.6 Å². The Labute approximate surface area is 289 Å². The molecule has 2 amide bonds. The first-order chi connectivity index (χ1) is 23.7. The van der Waals surface area contributed by atoms with Gasteiger partial charge in [-0.1, -0.05) is 13.0 Å². The van der Waals surface area contributed by atoms with Crippen LogP contribution in [0, 0.1) is 13.8 Å². The molecule has 3 unspecified atom stereocenters. The number of β-amino-alcohol motifs (C(OH)–C–C–N with tert-alkyl or cyclic N) is 1. The first kappa shape index (κ1) is 35.7. The summed E-state index contributed by atoms with van der Waals surface area (Å²) in [4.78, 5) is 38.7. The van der Waals surface area contributed by atoms with Crippen LogP contribution in [0.15, 0.2) is 22.9 Å². The van der Waals surface area contributed by atoms with E-state index >= 15 is 0 Å². The number of carbonyl (C=O) groups is 2. The molecule has 2 aromatic rings. The number of benzene rings is 1. The highest BCUT2D eigenvalue weighted by atomic mass is 16.5. The van der Waals surface area contributed by atoms with Gasteiger partial charge in [-0.25, -0.2) is 4.98 Å². The number of hydrogen-bond donors (Lipinski definition) is 4. The standard InChI is InChI=1S/C35H54N8O6/c1-5-9-43-30(15-33(38-27-19-47-20-27)39-35(43)42-13-11-41(12-14-42)25(4)44)34(46)36-16-28(45)18-40-10-8-29-23(2)31(7-6-26(29)17-40)48-21-32-24(3)37-22-49-32/h6-7,22,27-28,30,33,35,38-39,45H,5,8-21H2,1-4H3,(H,36,46)/t28-,30?,33?,35?/m0/s1. The maximum Gasteiger partial charge on any atom is 0.237 e. The molecular weight excluding hydrogens is 628 g/mol. The maximum absolute atomic E-state index is 13.9. The fourth-order valence-corrected chi connectivity index (χ4v) is 7.49. The van der Waals surface area contributed by atoms with Crippen molar-refractivity contribution in [1.29, 1.82) is 0 Å². The van der Waals surface area contributed by atoms with Crippen molar-refractivity contribution in [2.45, 2.75) is 90.8 Å². The molecule has 14 nitrogen and oxygen atoms in total. The molecule has 49 heavy (non-hydrogen) atoms. The van der Waals surface area contributed by atoms with Crippen LogP contribution in [0.25, 0.3) is 0 Å². The average molecular weight is 683 g/mol. The molecule has 1 aromatic heterocycles. The molecule has 270 valence electrons. The van der Waals surface area contributed by atoms with Crippen LogP contribution in [0.1, 0.15) is 54.8 Å². The Hall–Kier alpha value is -3.11. The number of amides is 2. The zero-order chi connectivity index (χ0) is 34.5. The number of fused-ring (bicyclic) bond motifs is 1. The van der Waals surface area contributed by atoms with Gasteiger partial charge in [0.15, 0.2) is 12.2 Å². The highest BCUT2D eigenvalue weighted by Crippen LogP contribution is 2.30. The number of piperazine rings is 1. The van der Waals surface area contributed by atoms with E-state index in [1.807, 2.05) is 17.9 Å². The maximum atomic E-state index is 13.9. The second-order valence-corrected chi connectivity index (χ2v) is 13.9. The van der Waals surface area contributed by atoms with Gasteiger partial charge in [0.2, 0.25) is 11.8 Å². The molecule has 4 aliphatic heterocycles. The SMILES string of the molecule is CCCN1C(C(=O)NC[C@H](O)CN2CCc3c(ccc(OCc4ocnc4C)c3C)C2)CC(NC2COC2)NC1N1CCN(C(C)=O)CC1. The average Bonchev–Trinajstić information content (AvgIpc) is 3.49. The summed E-state index contributed by atoms with van der Waals surface area (Å²) < 4.78 is 16.9. The molecule has 0 spiro atoms. The second kappa shape index (κ2) is 16.3. The predicted molar refractivity (Wildman–Crippen MR) is 182 cm³/mol. The molecule has 0 saturated carbocycles. The van der Waals surface area contributed by atoms with Gasteiger partial charge in [0.25, 0.3) is 0 Å². The summed E-state index contributed by atoms with van der Waals surface area (Å²) >= 11 is 0. The summed E-state index contributed by atoms with van der Waals surface area (Å²) in [5.41, 5.74) is 4.50. The normalized spacial score (nSPS) is 24.7. The number of nitrogens with zero attached hydrogens (tertiary/aromatic N) is 5. The third-order valence-electron chi connectivity index (χ3n) is 10.4. The lowest BCUT2D eigenvalue weighted by Gasteiger charge is -2.51. The molecule has 0 aliphatic carbocycles. The van der Waals surface area contributed by atoms with Gasteiger partial charge in [0.1, 0.15) is 18.6 Å². The van der Waals surface area contributed by atoms with Crippen molar-refractivity contribution < 1.29 is 28.6 Å². The third-order valence-corrected chi connectivity index (χ3v) is 10.4. The number of hydrogen-bond acceptors (Lipinski definition) is 12. The topological polar surface area (TPSA) is 148 Å². The molecule has 0 radical (unpaired) electrons. The summed E-state index contributed by atoms with van der Waals surface area (Å²) in [6.45, 7) is 15.2. The smallest absolute Gasteiger partial charge is 0.237 e. The lowest BCUT2D eigenvalue weighted by molar-refractivity contribution is -0.141. The van der Waals surface area contributed by atoms with Crippen LogP contribution in [0.2, 0.25) is 0 Å². The van der Waals surface area contributed by atoms with E-state index in [-0.39, 0.29) is 42.9 Å². The van der Waals surface area contributed by atoms with E-state index in [0.717, 1.165) is 68.3 Å². The summed E-state index contributed by atoms with van der Waals surface area (Å²) in [7, 11) is 0. The van der Waals surface area contributed by atoms with Gasteiger partial charge < -0.3 is 29.2 Å². The van der Waals surface area contributed by atoms with Crippen LogP contribution in [0.5, 0.6) is 5.75 Å². The van der Waals surface area contributed by atoms with Gasteiger partial charge in [0, 0.05) is 72.2 Å². The monoisotopic (exact) mass is 682 g/mol. The predicted octanol–water partition coefficient (Wildman–Crippen LogP) is 0.542. The lowest BCUT2D eigenvalue weighted by atomic mass is 9.94. The molecule has 4 aliphatic rings. The molecule has 3 saturated heterocycles. The highest BCUT2D eigenvalue weighted by Gasteiger charge is 2.43. The van der Waals surface area contributed by atoms with Crippen molar-refractivity contribution >= 4 is 11.8 Å². The van der Waals surface area contributed by atoms with E-state index in [9.17, 15) is 14.7 Å². The molecule has 5 heterocycles. The zero-order valence-electron chi connectivity index (χ0n) is 29.4. The van der Waals surface area contributed by atoms with E-state index in [0.29, 0.717) is 45.9 Å². The van der Waals surface area contributed by atoms with E-state index in [1.165, 1.54) is 17.5 Å². The van der Waals surface area contributed by atoms with Crippen molar-refractivity contribution in [3.63, 3.8) is 0 Å². The molecular formula is C35H54N8O6. The number of oxazole rings is 1. The van der Waals surface area contributed by atoms with Gasteiger partial charge in [-0.05, 0) is 49.4 Å². The van der Waals surface area contributed by atoms with E-state index in [2.05, 4.69) is 55.5 Å². The van der Waals surface area contributed by atoms with Crippen LogP contribution >= 0.6 is 0 Å².